The molecule has 1 aliphatic carbocycles. The molecule has 6 rings (SSSR count). The summed E-state index contributed by atoms with van der Waals surface area (Å²) in [6, 6.07) is 15.4. The van der Waals surface area contributed by atoms with Crippen LogP contribution in [0.15, 0.2) is 73.1 Å². The minimum absolute atomic E-state index is 0.0697. The monoisotopic (exact) mass is 838 g/mol. The number of benzene rings is 2. The topological polar surface area (TPSA) is 140 Å². The van der Waals surface area contributed by atoms with Gasteiger partial charge in [-0.1, -0.05) is 61.4 Å². The lowest BCUT2D eigenvalue weighted by atomic mass is 9.76. The lowest BCUT2D eigenvalue weighted by Gasteiger charge is -2.40. The Morgan fingerprint density at radius 1 is 1.05 bits per heavy atom. The van der Waals surface area contributed by atoms with Crippen LogP contribution in [0.1, 0.15) is 74.3 Å². The Kier molecular flexibility index (Phi) is 15.8. The molecule has 0 radical (unpaired) electrons. The first-order chi connectivity index (χ1) is 28.9. The number of carbonyl (C=O) groups is 2. The minimum atomic E-state index is -0.841. The van der Waals surface area contributed by atoms with Gasteiger partial charge in [-0.25, -0.2) is 0 Å². The van der Waals surface area contributed by atoms with Crippen LogP contribution in [-0.2, 0) is 27.5 Å². The number of ether oxygens (including phenoxy) is 3. The normalized spacial score (nSPS) is 21.3. The average molecular weight is 839 g/mol. The van der Waals surface area contributed by atoms with E-state index in [1.54, 1.807) is 18.3 Å². The second-order valence-corrected chi connectivity index (χ2v) is 16.9. The molecule has 1 aromatic heterocycles. The third kappa shape index (κ3) is 11.7. The first-order valence-corrected chi connectivity index (χ1v) is 21.5. The lowest BCUT2D eigenvalue weighted by molar-refractivity contribution is -0.144. The number of piperidine rings is 1. The molecule has 320 valence electrons. The third-order valence-corrected chi connectivity index (χ3v) is 12.0. The maximum absolute atomic E-state index is 12.3. The molecule has 12 nitrogen and oxygen atoms in total. The van der Waals surface area contributed by atoms with Crippen LogP contribution in [0.2, 0.25) is 5.02 Å². The summed E-state index contributed by atoms with van der Waals surface area (Å²) in [6.07, 6.45) is 12.6. The van der Waals surface area contributed by atoms with Crippen LogP contribution in [-0.4, -0.2) is 113 Å². The van der Waals surface area contributed by atoms with Gasteiger partial charge in [0.1, 0.15) is 42.4 Å². The van der Waals surface area contributed by atoms with Gasteiger partial charge in [0.2, 0.25) is 5.91 Å². The summed E-state index contributed by atoms with van der Waals surface area (Å²) in [5.74, 6) is 0.0791. The molecule has 3 aromatic rings. The van der Waals surface area contributed by atoms with Gasteiger partial charge in [-0.05, 0) is 81.5 Å². The number of pyridine rings is 1. The van der Waals surface area contributed by atoms with Crippen molar-refractivity contribution in [1.82, 2.24) is 25.0 Å². The number of aryl methyl sites for hydroxylation is 1. The van der Waals surface area contributed by atoms with Crippen molar-refractivity contribution in [2.75, 3.05) is 59.0 Å². The second kappa shape index (κ2) is 21.2. The molecule has 13 heteroatoms. The van der Waals surface area contributed by atoms with Crippen LogP contribution in [0.5, 0.6) is 11.5 Å². The van der Waals surface area contributed by atoms with E-state index in [4.69, 9.17) is 25.8 Å². The number of carboxylic acid groups (broad SMARTS) is 1. The summed E-state index contributed by atoms with van der Waals surface area (Å²) >= 11 is 7.03. The van der Waals surface area contributed by atoms with Crippen molar-refractivity contribution in [3.63, 3.8) is 0 Å². The number of halogens is 1. The highest BCUT2D eigenvalue weighted by atomic mass is 35.5. The molecule has 3 heterocycles. The number of hydrogen-bond acceptors (Lipinski definition) is 10. The van der Waals surface area contributed by atoms with Crippen molar-refractivity contribution in [1.29, 1.82) is 5.26 Å². The zero-order valence-corrected chi connectivity index (χ0v) is 36.1. The van der Waals surface area contributed by atoms with E-state index >= 15 is 0 Å². The predicted molar refractivity (Wildman–Crippen MR) is 233 cm³/mol. The molecular weight excluding hydrogens is 780 g/mol. The summed E-state index contributed by atoms with van der Waals surface area (Å²) in [5, 5.41) is 22.8. The van der Waals surface area contributed by atoms with Gasteiger partial charge in [-0.3, -0.25) is 24.4 Å². The van der Waals surface area contributed by atoms with Crippen molar-refractivity contribution in [3.8, 4) is 17.6 Å². The summed E-state index contributed by atoms with van der Waals surface area (Å²) in [7, 11) is 0. The molecule has 1 amide bonds. The number of allylic oxidation sites excluding steroid dienone is 2. The fourth-order valence-corrected chi connectivity index (χ4v) is 8.61. The van der Waals surface area contributed by atoms with Crippen LogP contribution in [0.4, 0.5) is 0 Å². The van der Waals surface area contributed by atoms with Crippen LogP contribution in [0, 0.1) is 24.2 Å². The minimum Gasteiger partial charge on any atom is -0.489 e. The SMILES string of the molecule is Cc1ccccc1C1=CC=CC(COc2cc(OCc3cncc(C#N)c3)c(CN3CCCC[C@H]3C(=O)O)cc2Cl)(OCCCN2CCN(CC(=O)NC(C)C)CC2)C1C. The van der Waals surface area contributed by atoms with E-state index in [2.05, 4.69) is 76.4 Å². The predicted octanol–water partition coefficient (Wildman–Crippen LogP) is 6.89. The smallest absolute Gasteiger partial charge is 0.320 e. The quantitative estimate of drug-likeness (QED) is 0.130. The molecule has 0 spiro atoms. The standard InChI is InChI=1S/C47H59ClN6O6/c1-33(2)51-45(55)30-53-20-18-52(19-21-53)16-10-22-60-47(15-9-13-40(35(47)4)39-12-6-5-11-34(39)3)32-59-44-25-43(58-31-37-23-36(26-49)27-50-28-37)38(24-41(44)48)29-54-17-8-7-14-42(54)46(56)57/h5-6,9,11-13,15,23-25,27-28,33,35,42H,7-8,10,14,16-22,29-32H2,1-4H3,(H,51,55)(H,56,57)/t35?,42-,47?/m0/s1. The van der Waals surface area contributed by atoms with Crippen molar-refractivity contribution < 1.29 is 28.9 Å². The Hall–Kier alpha value is -4.77. The van der Waals surface area contributed by atoms with E-state index in [1.165, 1.54) is 11.8 Å². The highest BCUT2D eigenvalue weighted by Crippen LogP contribution is 2.42. The van der Waals surface area contributed by atoms with Gasteiger partial charge in [-0.15, -0.1) is 0 Å². The van der Waals surface area contributed by atoms with Crippen LogP contribution < -0.4 is 14.8 Å². The molecule has 2 fully saturated rings. The van der Waals surface area contributed by atoms with Gasteiger partial charge in [0.05, 0.1) is 17.1 Å². The fraction of sp³-hybridized carbons (Fsp3) is 0.489. The molecule has 3 atom stereocenters. The van der Waals surface area contributed by atoms with Gasteiger partial charge >= 0.3 is 5.97 Å². The van der Waals surface area contributed by atoms with Gasteiger partial charge in [0.15, 0.2) is 0 Å². The van der Waals surface area contributed by atoms with Gasteiger partial charge < -0.3 is 29.5 Å². The summed E-state index contributed by atoms with van der Waals surface area (Å²) < 4.78 is 20.0. The largest absolute Gasteiger partial charge is 0.489 e. The highest BCUT2D eigenvalue weighted by molar-refractivity contribution is 6.32. The Morgan fingerprint density at radius 3 is 2.58 bits per heavy atom. The molecule has 2 aliphatic heterocycles. The number of nitrogens with one attached hydrogen (secondary N) is 1. The number of piperazine rings is 1. The molecule has 0 bridgehead atoms. The van der Waals surface area contributed by atoms with Crippen LogP contribution in [0.25, 0.3) is 5.57 Å². The summed E-state index contributed by atoms with van der Waals surface area (Å²) in [6.45, 7) is 14.9. The van der Waals surface area contributed by atoms with E-state index in [1.807, 2.05) is 30.9 Å². The number of carbonyl (C=O) groups excluding carboxylic acids is 1. The molecule has 60 heavy (non-hydrogen) atoms. The number of aromatic nitrogens is 1. The number of nitriles is 1. The first-order valence-electron chi connectivity index (χ1n) is 21.2. The number of amides is 1. The van der Waals surface area contributed by atoms with Gasteiger partial charge in [0, 0.05) is 87.4 Å². The fourth-order valence-electron chi connectivity index (χ4n) is 8.37. The van der Waals surface area contributed by atoms with Crippen LogP contribution >= 0.6 is 11.6 Å². The Labute approximate surface area is 359 Å². The average Bonchev–Trinajstić information content (AvgIpc) is 3.23. The van der Waals surface area contributed by atoms with E-state index in [0.717, 1.165) is 74.2 Å². The molecule has 2 N–H and O–H groups in total. The molecule has 2 unspecified atom stereocenters. The van der Waals surface area contributed by atoms with Crippen molar-refractivity contribution in [2.24, 2.45) is 5.92 Å². The van der Waals surface area contributed by atoms with E-state index < -0.39 is 17.6 Å². The van der Waals surface area contributed by atoms with Gasteiger partial charge in [-0.2, -0.15) is 5.26 Å². The third-order valence-electron chi connectivity index (χ3n) is 11.7. The number of rotatable bonds is 18. The maximum atomic E-state index is 12.3. The van der Waals surface area contributed by atoms with Gasteiger partial charge in [0.25, 0.3) is 0 Å². The lowest BCUT2D eigenvalue weighted by Crippen LogP contribution is -2.50. The molecule has 2 saturated heterocycles. The zero-order valence-electron chi connectivity index (χ0n) is 35.4. The summed E-state index contributed by atoms with van der Waals surface area (Å²) in [4.78, 5) is 35.3. The van der Waals surface area contributed by atoms with E-state index in [0.29, 0.717) is 54.7 Å². The Bertz CT molecular complexity index is 2060. The van der Waals surface area contributed by atoms with Crippen molar-refractivity contribution >= 4 is 29.1 Å². The number of likely N-dealkylation sites (tertiary alicyclic amines) is 1. The first kappa shape index (κ1) is 44.8. The Balaban J connectivity index is 1.20. The molecule has 2 aromatic carbocycles. The van der Waals surface area contributed by atoms with E-state index in [-0.39, 0.29) is 31.1 Å². The second-order valence-electron chi connectivity index (χ2n) is 16.5. The molecule has 3 aliphatic rings. The number of carboxylic acids is 1. The summed E-state index contributed by atoms with van der Waals surface area (Å²) in [5.41, 5.74) is 4.56. The van der Waals surface area contributed by atoms with Crippen molar-refractivity contribution in [3.05, 3.63) is 106 Å². The molecule has 0 saturated carbocycles. The van der Waals surface area contributed by atoms with Crippen LogP contribution in [0.3, 0.4) is 0 Å². The molecular formula is C47H59ClN6O6. The van der Waals surface area contributed by atoms with Crippen molar-refractivity contribution in [2.45, 2.75) is 84.2 Å². The maximum Gasteiger partial charge on any atom is 0.320 e. The Morgan fingerprint density at radius 2 is 1.83 bits per heavy atom. The number of aliphatic carboxylic acids is 1. The highest BCUT2D eigenvalue weighted by Gasteiger charge is 2.40. The van der Waals surface area contributed by atoms with E-state index in [9.17, 15) is 20.0 Å². The number of hydrogen-bond donors (Lipinski definition) is 2. The zero-order chi connectivity index (χ0) is 42.6. The number of nitrogens with zero attached hydrogens (tertiary/aromatic N) is 5.